The van der Waals surface area contributed by atoms with Crippen molar-refractivity contribution in [3.63, 3.8) is 0 Å². The number of halogens is 1. The minimum atomic E-state index is -0.925. The first-order valence-corrected chi connectivity index (χ1v) is 14.3. The molecule has 0 unspecified atom stereocenters. The monoisotopic (exact) mass is 599 g/mol. The van der Waals surface area contributed by atoms with Gasteiger partial charge in [-0.3, -0.25) is 9.79 Å². The summed E-state index contributed by atoms with van der Waals surface area (Å²) >= 11 is 7.63. The molecule has 10 nitrogen and oxygen atoms in total. The van der Waals surface area contributed by atoms with Gasteiger partial charge in [0.15, 0.2) is 11.5 Å². The van der Waals surface area contributed by atoms with Crippen LogP contribution in [0.1, 0.15) is 56.2 Å². The molecule has 1 aliphatic rings. The number of aromatic nitrogens is 1. The van der Waals surface area contributed by atoms with Gasteiger partial charge in [0.1, 0.15) is 17.0 Å². The summed E-state index contributed by atoms with van der Waals surface area (Å²) in [5.74, 6) is 6.15. The van der Waals surface area contributed by atoms with Gasteiger partial charge in [0.05, 0.1) is 32.2 Å². The van der Waals surface area contributed by atoms with E-state index in [0.717, 1.165) is 34.3 Å². The van der Waals surface area contributed by atoms with Crippen LogP contribution in [0.5, 0.6) is 11.5 Å². The molecule has 0 spiro atoms. The highest BCUT2D eigenvalue weighted by Gasteiger charge is 2.34. The molecule has 0 amide bonds. The van der Waals surface area contributed by atoms with Crippen molar-refractivity contribution >= 4 is 34.5 Å². The maximum atomic E-state index is 12.4. The zero-order chi connectivity index (χ0) is 29.6. The first kappa shape index (κ1) is 30.4. The van der Waals surface area contributed by atoms with E-state index < -0.39 is 10.9 Å². The Kier molecular flexibility index (Phi) is 9.95. The number of aliphatic imine (C=N–C) groups is 1. The molecule has 0 bridgehead atoms. The molecule has 12 heteroatoms. The van der Waals surface area contributed by atoms with Crippen molar-refractivity contribution in [2.75, 3.05) is 27.4 Å². The molecule has 41 heavy (non-hydrogen) atoms. The van der Waals surface area contributed by atoms with Gasteiger partial charge in [-0.15, -0.1) is 5.11 Å². The Morgan fingerprint density at radius 1 is 1.15 bits per heavy atom. The summed E-state index contributed by atoms with van der Waals surface area (Å²) in [6.45, 7) is 5.85. The number of esters is 1. The number of ether oxygens (including phenoxy) is 4. The first-order chi connectivity index (χ1) is 19.7. The van der Waals surface area contributed by atoms with E-state index in [2.05, 4.69) is 19.9 Å². The predicted octanol–water partition coefficient (Wildman–Crippen LogP) is 6.46. The lowest BCUT2D eigenvalue weighted by atomic mass is 9.98. The van der Waals surface area contributed by atoms with E-state index in [1.165, 1.54) is 0 Å². The fraction of sp³-hybridized carbons (Fsp3) is 0.379. The van der Waals surface area contributed by atoms with Crippen molar-refractivity contribution in [2.45, 2.75) is 44.1 Å². The summed E-state index contributed by atoms with van der Waals surface area (Å²) in [5, 5.41) is 8.22. The molecule has 1 aliphatic heterocycles. The normalized spacial score (nSPS) is 17.1. The first-order valence-electron chi connectivity index (χ1n) is 13.1. The second-order valence-electron chi connectivity index (χ2n) is 9.59. The number of methoxy groups -OCH3 is 2. The summed E-state index contributed by atoms with van der Waals surface area (Å²) in [5.41, 5.74) is 3.59. The molecule has 2 atom stereocenters. The van der Waals surface area contributed by atoms with E-state index in [1.54, 1.807) is 35.0 Å². The number of para-hydroxylation sites is 1. The van der Waals surface area contributed by atoms with Crippen LogP contribution in [0, 0.1) is 0 Å². The maximum absolute atomic E-state index is 12.4. The standard InChI is InChI=1S/C29H34ClN5O5S/c1-6-39-27(36)29(2,3)41-28(33-34-31)32-15-14-23-22-10-8-16-35(22)21-13-12-18(30)17-20(21)25(40-23)19-9-7-11-24(37-4)26(19)38-5/h7-13,16-17,23,25H,6,14-15H2,1-5H3,(H2,31,32,33)/t23-,25-/m1/s1. The third-order valence-corrected chi connectivity index (χ3v) is 7.86. The van der Waals surface area contributed by atoms with Gasteiger partial charge in [0, 0.05) is 28.9 Å². The molecule has 0 aliphatic carbocycles. The van der Waals surface area contributed by atoms with Gasteiger partial charge in [-0.1, -0.05) is 40.7 Å². The van der Waals surface area contributed by atoms with Crippen molar-refractivity contribution in [1.29, 1.82) is 0 Å². The Labute approximate surface area is 248 Å². The molecule has 4 rings (SSSR count). The van der Waals surface area contributed by atoms with Crippen LogP contribution in [0.3, 0.4) is 0 Å². The van der Waals surface area contributed by atoms with Gasteiger partial charge in [0.25, 0.3) is 0 Å². The number of nitrogens with zero attached hydrogens (tertiary/aromatic N) is 4. The highest BCUT2D eigenvalue weighted by molar-refractivity contribution is 8.15. The van der Waals surface area contributed by atoms with Crippen molar-refractivity contribution in [2.24, 2.45) is 21.2 Å². The van der Waals surface area contributed by atoms with Crippen molar-refractivity contribution in [3.8, 4) is 17.2 Å². The van der Waals surface area contributed by atoms with Gasteiger partial charge in [0.2, 0.25) is 5.17 Å². The lowest BCUT2D eigenvalue weighted by Gasteiger charge is -2.25. The highest BCUT2D eigenvalue weighted by atomic mass is 35.5. The largest absolute Gasteiger partial charge is 0.493 e. The fourth-order valence-electron chi connectivity index (χ4n) is 4.70. The van der Waals surface area contributed by atoms with Crippen molar-refractivity contribution in [1.82, 2.24) is 4.57 Å². The van der Waals surface area contributed by atoms with Crippen molar-refractivity contribution < 1.29 is 23.7 Å². The number of nitrogens with two attached hydrogens (primary N) is 1. The van der Waals surface area contributed by atoms with E-state index >= 15 is 0 Å². The molecular weight excluding hydrogens is 566 g/mol. The van der Waals surface area contributed by atoms with Crippen LogP contribution in [0.15, 0.2) is 70.1 Å². The van der Waals surface area contributed by atoms with Gasteiger partial charge in [-0.25, -0.2) is 0 Å². The zero-order valence-corrected chi connectivity index (χ0v) is 25.2. The summed E-state index contributed by atoms with van der Waals surface area (Å²) in [7, 11) is 3.21. The average molecular weight is 600 g/mol. The fourth-order valence-corrected chi connectivity index (χ4v) is 5.72. The minimum Gasteiger partial charge on any atom is -0.493 e. The third kappa shape index (κ3) is 6.69. The second kappa shape index (κ2) is 13.4. The van der Waals surface area contributed by atoms with Crippen LogP contribution in [0.4, 0.5) is 0 Å². The highest BCUT2D eigenvalue weighted by Crippen LogP contribution is 2.46. The summed E-state index contributed by atoms with van der Waals surface area (Å²) in [6.07, 6.45) is 1.60. The van der Waals surface area contributed by atoms with Crippen LogP contribution in [-0.4, -0.2) is 47.8 Å². The lowest BCUT2D eigenvalue weighted by Crippen LogP contribution is -2.31. The number of hydrogen-bond donors (Lipinski definition) is 1. The van der Waals surface area contributed by atoms with Gasteiger partial charge < -0.3 is 29.4 Å². The zero-order valence-electron chi connectivity index (χ0n) is 23.7. The predicted molar refractivity (Wildman–Crippen MR) is 160 cm³/mol. The molecule has 1 aromatic heterocycles. The summed E-state index contributed by atoms with van der Waals surface area (Å²) < 4.78 is 24.6. The molecular formula is C29H34ClN5O5S. The van der Waals surface area contributed by atoms with Crippen molar-refractivity contribution in [3.05, 3.63) is 76.6 Å². The van der Waals surface area contributed by atoms with Gasteiger partial charge in [-0.2, -0.15) is 0 Å². The molecule has 218 valence electrons. The molecule has 0 saturated heterocycles. The number of thioether (sulfide) groups is 1. The maximum Gasteiger partial charge on any atom is 0.322 e. The summed E-state index contributed by atoms with van der Waals surface area (Å²) in [6, 6.07) is 15.5. The Morgan fingerprint density at radius 3 is 2.66 bits per heavy atom. The molecule has 0 fully saturated rings. The number of amidine groups is 1. The quantitative estimate of drug-likeness (QED) is 0.0748. The number of rotatable bonds is 9. The van der Waals surface area contributed by atoms with Crippen LogP contribution in [0.25, 0.3) is 5.69 Å². The molecule has 2 N–H and O–H groups in total. The molecule has 3 aromatic rings. The summed E-state index contributed by atoms with van der Waals surface area (Å²) in [4.78, 5) is 17.0. The third-order valence-electron chi connectivity index (χ3n) is 6.55. The number of benzene rings is 2. The van der Waals surface area contributed by atoms with E-state index in [-0.39, 0.29) is 23.8 Å². The van der Waals surface area contributed by atoms with E-state index in [4.69, 9.17) is 36.4 Å². The van der Waals surface area contributed by atoms with E-state index in [1.807, 2.05) is 54.7 Å². The minimum absolute atomic E-state index is 0.274. The average Bonchev–Trinajstić information content (AvgIpc) is 3.39. The van der Waals surface area contributed by atoms with Crippen LogP contribution >= 0.6 is 23.4 Å². The number of hydrogen-bond acceptors (Lipinski definition) is 8. The van der Waals surface area contributed by atoms with Gasteiger partial charge in [-0.05, 0) is 63.6 Å². The smallest absolute Gasteiger partial charge is 0.322 e. The Bertz CT molecular complexity index is 1440. The Hall–Kier alpha value is -3.54. The molecule has 2 aromatic carbocycles. The number of carbonyl (C=O) groups is 1. The topological polar surface area (TPSA) is 122 Å². The van der Waals surface area contributed by atoms with E-state index in [9.17, 15) is 4.79 Å². The number of fused-ring (bicyclic) bond motifs is 3. The Balaban J connectivity index is 1.70. The second-order valence-corrected chi connectivity index (χ2v) is 11.6. The van der Waals surface area contributed by atoms with E-state index in [0.29, 0.717) is 29.5 Å². The lowest BCUT2D eigenvalue weighted by molar-refractivity contribution is -0.145. The van der Waals surface area contributed by atoms with Gasteiger partial charge >= 0.3 is 5.97 Å². The van der Waals surface area contributed by atoms with Crippen LogP contribution < -0.4 is 15.3 Å². The molecule has 0 saturated carbocycles. The SMILES string of the molecule is CCOC(=O)C(C)(C)SC(=NCC[C@H]1O[C@H](c2cccc(OC)c2OC)c2cc(Cl)ccc2-n2cccc21)/N=N\N. The molecule has 2 heterocycles. The Morgan fingerprint density at radius 2 is 1.95 bits per heavy atom. The van der Waals surface area contributed by atoms with Crippen LogP contribution in [0.2, 0.25) is 5.02 Å². The number of carbonyl (C=O) groups excluding carboxylic acids is 1. The molecule has 0 radical (unpaired) electrons. The van der Waals surface area contributed by atoms with Crippen LogP contribution in [-0.2, 0) is 14.3 Å².